The molecule has 17 heavy (non-hydrogen) atoms. The van der Waals surface area contributed by atoms with Crippen LogP contribution in [-0.2, 0) is 24.4 Å². The predicted octanol–water partition coefficient (Wildman–Crippen LogP) is -0.490. The molecule has 0 unspecified atom stereocenters. The Kier molecular flexibility index (Phi) is 3.78. The average molecular weight is 252 g/mol. The van der Waals surface area contributed by atoms with Gasteiger partial charge in [-0.25, -0.2) is 9.67 Å². The fourth-order valence-corrected chi connectivity index (χ4v) is 1.78. The summed E-state index contributed by atoms with van der Waals surface area (Å²) in [6, 6.07) is 0. The van der Waals surface area contributed by atoms with Gasteiger partial charge in [0.05, 0.1) is 18.4 Å². The predicted molar refractivity (Wildman–Crippen MR) is 61.9 cm³/mol. The summed E-state index contributed by atoms with van der Waals surface area (Å²) >= 11 is 1.50. The topological polar surface area (TPSA) is 98.7 Å². The number of amides is 1. The number of nitrogens with zero attached hydrogens (tertiary/aromatic N) is 4. The van der Waals surface area contributed by atoms with Crippen molar-refractivity contribution in [1.82, 2.24) is 25.3 Å². The normalized spacial score (nSPS) is 10.4. The Labute approximate surface area is 102 Å². The standard InChI is InChI=1S/C9H12N6OS/c10-3-7-5-15(14-13-7)6-8(16)12-4-9-11-1-2-17-9/h1-2,5H,3-4,6,10H2,(H,12,16). The fraction of sp³-hybridized carbons (Fsp3) is 0.333. The monoisotopic (exact) mass is 252 g/mol. The van der Waals surface area contributed by atoms with Crippen LogP contribution in [0.3, 0.4) is 0 Å². The molecule has 2 rings (SSSR count). The van der Waals surface area contributed by atoms with Crippen LogP contribution in [0.2, 0.25) is 0 Å². The summed E-state index contributed by atoms with van der Waals surface area (Å²) < 4.78 is 1.46. The van der Waals surface area contributed by atoms with Crippen molar-refractivity contribution in [3.8, 4) is 0 Å². The molecular formula is C9H12N6OS. The van der Waals surface area contributed by atoms with Crippen molar-refractivity contribution >= 4 is 17.2 Å². The maximum Gasteiger partial charge on any atom is 0.242 e. The number of thiazole rings is 1. The van der Waals surface area contributed by atoms with E-state index in [9.17, 15) is 4.79 Å². The van der Waals surface area contributed by atoms with Gasteiger partial charge in [0.15, 0.2) is 0 Å². The van der Waals surface area contributed by atoms with Gasteiger partial charge < -0.3 is 11.1 Å². The molecule has 2 heterocycles. The molecule has 0 aliphatic carbocycles. The van der Waals surface area contributed by atoms with Gasteiger partial charge >= 0.3 is 0 Å². The summed E-state index contributed by atoms with van der Waals surface area (Å²) in [6.45, 7) is 0.897. The van der Waals surface area contributed by atoms with E-state index in [0.717, 1.165) is 5.01 Å². The smallest absolute Gasteiger partial charge is 0.242 e. The Morgan fingerprint density at radius 1 is 1.59 bits per heavy atom. The van der Waals surface area contributed by atoms with E-state index in [0.29, 0.717) is 18.8 Å². The van der Waals surface area contributed by atoms with Crippen LogP contribution in [0.5, 0.6) is 0 Å². The van der Waals surface area contributed by atoms with Crippen molar-refractivity contribution in [1.29, 1.82) is 0 Å². The maximum absolute atomic E-state index is 11.6. The molecule has 0 saturated carbocycles. The zero-order valence-electron chi connectivity index (χ0n) is 9.04. The molecule has 3 N–H and O–H groups in total. The van der Waals surface area contributed by atoms with E-state index in [1.807, 2.05) is 5.38 Å². The second-order valence-electron chi connectivity index (χ2n) is 3.31. The number of hydrogen-bond donors (Lipinski definition) is 2. The maximum atomic E-state index is 11.6. The molecule has 0 aliphatic heterocycles. The number of hydrogen-bond acceptors (Lipinski definition) is 6. The highest BCUT2D eigenvalue weighted by atomic mass is 32.1. The van der Waals surface area contributed by atoms with Gasteiger partial charge in [-0.1, -0.05) is 5.21 Å². The number of carbonyl (C=O) groups excluding carboxylic acids is 1. The highest BCUT2D eigenvalue weighted by molar-refractivity contribution is 7.09. The molecule has 7 nitrogen and oxygen atoms in total. The van der Waals surface area contributed by atoms with Gasteiger partial charge in [0.25, 0.3) is 0 Å². The van der Waals surface area contributed by atoms with Gasteiger partial charge in [-0.2, -0.15) is 0 Å². The van der Waals surface area contributed by atoms with E-state index in [2.05, 4.69) is 20.6 Å². The van der Waals surface area contributed by atoms with E-state index in [1.165, 1.54) is 16.0 Å². The number of rotatable bonds is 5. The molecule has 0 atom stereocenters. The third-order valence-electron chi connectivity index (χ3n) is 2.02. The minimum absolute atomic E-state index is 0.131. The lowest BCUT2D eigenvalue weighted by Gasteiger charge is -2.02. The minimum atomic E-state index is -0.131. The van der Waals surface area contributed by atoms with E-state index < -0.39 is 0 Å². The molecule has 0 aromatic carbocycles. The molecule has 2 aromatic heterocycles. The molecule has 0 saturated heterocycles. The van der Waals surface area contributed by atoms with Crippen molar-refractivity contribution in [2.75, 3.05) is 0 Å². The zero-order valence-corrected chi connectivity index (χ0v) is 9.85. The molecule has 0 aliphatic rings. The molecule has 1 amide bonds. The summed E-state index contributed by atoms with van der Waals surface area (Å²) in [7, 11) is 0. The van der Waals surface area contributed by atoms with Crippen molar-refractivity contribution in [3.05, 3.63) is 28.5 Å². The summed E-state index contributed by atoms with van der Waals surface area (Å²) in [5.41, 5.74) is 6.06. The molecule has 2 aromatic rings. The van der Waals surface area contributed by atoms with E-state index >= 15 is 0 Å². The van der Waals surface area contributed by atoms with Crippen LogP contribution >= 0.6 is 11.3 Å². The SMILES string of the molecule is NCc1cn(CC(=O)NCc2nccs2)nn1. The first-order valence-electron chi connectivity index (χ1n) is 5.02. The second kappa shape index (κ2) is 5.51. The van der Waals surface area contributed by atoms with Gasteiger partial charge in [-0.05, 0) is 0 Å². The molecule has 0 bridgehead atoms. The van der Waals surface area contributed by atoms with Crippen LogP contribution in [0.15, 0.2) is 17.8 Å². The number of nitrogens with two attached hydrogens (primary N) is 1. The molecule has 0 spiro atoms. The van der Waals surface area contributed by atoms with Crippen molar-refractivity contribution in [3.63, 3.8) is 0 Å². The lowest BCUT2D eigenvalue weighted by Crippen LogP contribution is -2.27. The summed E-state index contributed by atoms with van der Waals surface area (Å²) in [5, 5.41) is 13.1. The largest absolute Gasteiger partial charge is 0.348 e. The van der Waals surface area contributed by atoms with Crippen LogP contribution in [-0.4, -0.2) is 25.9 Å². The number of aromatic nitrogens is 4. The highest BCUT2D eigenvalue weighted by Gasteiger charge is 2.05. The Bertz CT molecular complexity index is 479. The lowest BCUT2D eigenvalue weighted by atomic mass is 10.5. The molecule has 0 fully saturated rings. The van der Waals surface area contributed by atoms with Gasteiger partial charge in [-0.3, -0.25) is 4.79 Å². The van der Waals surface area contributed by atoms with Crippen LogP contribution < -0.4 is 11.1 Å². The first kappa shape index (κ1) is 11.7. The zero-order chi connectivity index (χ0) is 12.1. The van der Waals surface area contributed by atoms with E-state index in [-0.39, 0.29) is 12.5 Å². The Hall–Kier alpha value is -1.80. The first-order valence-corrected chi connectivity index (χ1v) is 5.90. The third kappa shape index (κ3) is 3.33. The second-order valence-corrected chi connectivity index (χ2v) is 4.29. The summed E-state index contributed by atoms with van der Waals surface area (Å²) in [5.74, 6) is -0.131. The van der Waals surface area contributed by atoms with Crippen LogP contribution in [0.4, 0.5) is 0 Å². The van der Waals surface area contributed by atoms with Gasteiger partial charge in [0.2, 0.25) is 5.91 Å². The molecule has 8 heteroatoms. The van der Waals surface area contributed by atoms with Crippen LogP contribution in [0, 0.1) is 0 Å². The van der Waals surface area contributed by atoms with E-state index in [1.54, 1.807) is 12.4 Å². The third-order valence-corrected chi connectivity index (χ3v) is 2.80. The highest BCUT2D eigenvalue weighted by Crippen LogP contribution is 2.02. The van der Waals surface area contributed by atoms with Gasteiger partial charge in [-0.15, -0.1) is 16.4 Å². The van der Waals surface area contributed by atoms with Gasteiger partial charge in [0.1, 0.15) is 11.6 Å². The van der Waals surface area contributed by atoms with Crippen molar-refractivity contribution < 1.29 is 4.79 Å². The fourth-order valence-electron chi connectivity index (χ4n) is 1.23. The van der Waals surface area contributed by atoms with Crippen molar-refractivity contribution in [2.24, 2.45) is 5.73 Å². The van der Waals surface area contributed by atoms with E-state index in [4.69, 9.17) is 5.73 Å². The molecule has 0 radical (unpaired) electrons. The van der Waals surface area contributed by atoms with Crippen LogP contribution in [0.1, 0.15) is 10.7 Å². The Morgan fingerprint density at radius 2 is 2.47 bits per heavy atom. The summed E-state index contributed by atoms with van der Waals surface area (Å²) in [4.78, 5) is 15.6. The van der Waals surface area contributed by atoms with Crippen LogP contribution in [0.25, 0.3) is 0 Å². The minimum Gasteiger partial charge on any atom is -0.348 e. The Balaban J connectivity index is 1.81. The average Bonchev–Trinajstić information content (AvgIpc) is 2.97. The number of nitrogens with one attached hydrogen (secondary N) is 1. The number of carbonyl (C=O) groups is 1. The Morgan fingerprint density at radius 3 is 3.12 bits per heavy atom. The quantitative estimate of drug-likeness (QED) is 0.748. The van der Waals surface area contributed by atoms with Crippen molar-refractivity contribution in [2.45, 2.75) is 19.6 Å². The van der Waals surface area contributed by atoms with Gasteiger partial charge in [0, 0.05) is 18.1 Å². The first-order chi connectivity index (χ1) is 8.28. The summed E-state index contributed by atoms with van der Waals surface area (Å²) in [6.07, 6.45) is 3.36. The molecule has 90 valence electrons. The molecular weight excluding hydrogens is 240 g/mol. The lowest BCUT2D eigenvalue weighted by molar-refractivity contribution is -0.122.